The first-order valence-electron chi connectivity index (χ1n) is 8.34. The van der Waals surface area contributed by atoms with E-state index in [1.807, 2.05) is 59.7 Å². The Kier molecular flexibility index (Phi) is 4.71. The summed E-state index contributed by atoms with van der Waals surface area (Å²) in [6.45, 7) is 11.5. The second-order valence-corrected chi connectivity index (χ2v) is 9.71. The number of benzene rings is 1. The number of nitrogens with one attached hydrogen (secondary N) is 2. The van der Waals surface area contributed by atoms with Gasteiger partial charge in [0, 0.05) is 21.0 Å². The normalized spacial score (nSPS) is 11.8. The zero-order valence-electron chi connectivity index (χ0n) is 15.8. The van der Waals surface area contributed by atoms with E-state index >= 15 is 0 Å². The minimum absolute atomic E-state index is 0.315. The molecule has 0 aliphatic heterocycles. The first kappa shape index (κ1) is 18.7. The van der Waals surface area contributed by atoms with Gasteiger partial charge >= 0.3 is 0 Å². The van der Waals surface area contributed by atoms with Gasteiger partial charge in [0.25, 0.3) is 10.0 Å². The lowest BCUT2D eigenvalue weighted by Gasteiger charge is -2.13. The van der Waals surface area contributed by atoms with Crippen LogP contribution in [0, 0.1) is 41.5 Å². The van der Waals surface area contributed by atoms with Crippen LogP contribution >= 0.6 is 11.3 Å². The molecule has 1 aromatic carbocycles. The van der Waals surface area contributed by atoms with E-state index in [4.69, 9.17) is 0 Å². The van der Waals surface area contributed by atoms with Crippen LogP contribution < -0.4 is 4.72 Å². The lowest BCUT2D eigenvalue weighted by molar-refractivity contribution is 0.601. The molecule has 138 valence electrons. The highest BCUT2D eigenvalue weighted by Gasteiger charge is 2.29. The van der Waals surface area contributed by atoms with Crippen LogP contribution in [-0.4, -0.2) is 18.6 Å². The molecule has 0 fully saturated rings. The number of hydrogen-bond acceptors (Lipinski definition) is 4. The summed E-state index contributed by atoms with van der Waals surface area (Å²) in [5.41, 5.74) is 5.79. The van der Waals surface area contributed by atoms with Crippen LogP contribution in [0.5, 0.6) is 0 Å². The van der Waals surface area contributed by atoms with E-state index in [0.717, 1.165) is 32.1 Å². The Bertz CT molecular complexity index is 1090. The van der Waals surface area contributed by atoms with Gasteiger partial charge in [-0.25, -0.2) is 8.42 Å². The largest absolute Gasteiger partial charge is 0.282 e. The predicted molar refractivity (Wildman–Crippen MR) is 108 cm³/mol. The highest BCUT2D eigenvalue weighted by molar-refractivity contribution is 7.93. The van der Waals surface area contributed by atoms with Crippen molar-refractivity contribution in [1.82, 2.24) is 10.2 Å². The SMILES string of the molecule is Cc1ccc(C)c(NS(=O)(=O)c2c(C)sc(C)c2-c2n[nH]c(C)c2C)c1. The molecule has 0 saturated heterocycles. The van der Waals surface area contributed by atoms with Gasteiger partial charge in [-0.2, -0.15) is 5.10 Å². The first-order chi connectivity index (χ1) is 12.1. The van der Waals surface area contributed by atoms with Crippen molar-refractivity contribution in [3.8, 4) is 11.3 Å². The number of aryl methyl sites for hydroxylation is 5. The third kappa shape index (κ3) is 3.17. The molecule has 3 aromatic rings. The minimum Gasteiger partial charge on any atom is -0.282 e. The smallest absolute Gasteiger partial charge is 0.263 e. The van der Waals surface area contributed by atoms with Crippen molar-refractivity contribution in [1.29, 1.82) is 0 Å². The van der Waals surface area contributed by atoms with Crippen molar-refractivity contribution in [3.05, 3.63) is 50.3 Å². The second kappa shape index (κ2) is 6.55. The van der Waals surface area contributed by atoms with E-state index in [0.29, 0.717) is 21.8 Å². The molecule has 2 aromatic heterocycles. The summed E-state index contributed by atoms with van der Waals surface area (Å²) in [7, 11) is -3.74. The molecule has 26 heavy (non-hydrogen) atoms. The molecule has 0 unspecified atom stereocenters. The predicted octanol–water partition coefficient (Wildman–Crippen LogP) is 4.79. The average molecular weight is 390 g/mol. The fourth-order valence-corrected chi connectivity index (χ4v) is 6.01. The third-order valence-electron chi connectivity index (χ3n) is 4.60. The summed E-state index contributed by atoms with van der Waals surface area (Å²) < 4.78 is 29.3. The van der Waals surface area contributed by atoms with Gasteiger partial charge in [-0.3, -0.25) is 9.82 Å². The monoisotopic (exact) mass is 389 g/mol. The molecule has 2 N–H and O–H groups in total. The molecule has 2 heterocycles. The fourth-order valence-electron chi connectivity index (χ4n) is 3.03. The number of anilines is 1. The van der Waals surface area contributed by atoms with E-state index in [1.165, 1.54) is 11.3 Å². The molecule has 0 atom stereocenters. The quantitative estimate of drug-likeness (QED) is 0.674. The van der Waals surface area contributed by atoms with Crippen molar-refractivity contribution >= 4 is 27.0 Å². The number of H-pyrrole nitrogens is 1. The van der Waals surface area contributed by atoms with E-state index in [9.17, 15) is 8.42 Å². The maximum atomic E-state index is 13.3. The molecule has 0 bridgehead atoms. The van der Waals surface area contributed by atoms with Gasteiger partial charge in [-0.1, -0.05) is 12.1 Å². The van der Waals surface area contributed by atoms with Crippen LogP contribution in [0.25, 0.3) is 11.3 Å². The maximum absolute atomic E-state index is 13.3. The Morgan fingerprint density at radius 2 is 1.73 bits per heavy atom. The number of aromatic amines is 1. The number of thiophene rings is 1. The Balaban J connectivity index is 2.17. The van der Waals surface area contributed by atoms with Gasteiger partial charge in [0.05, 0.1) is 11.4 Å². The van der Waals surface area contributed by atoms with E-state index < -0.39 is 10.0 Å². The molecule has 7 heteroatoms. The molecule has 0 radical (unpaired) electrons. The summed E-state index contributed by atoms with van der Waals surface area (Å²) in [6.07, 6.45) is 0. The van der Waals surface area contributed by atoms with Gasteiger partial charge in [0.2, 0.25) is 0 Å². The lowest BCUT2D eigenvalue weighted by atomic mass is 10.1. The molecule has 0 spiro atoms. The van der Waals surface area contributed by atoms with Crippen LogP contribution in [-0.2, 0) is 10.0 Å². The second-order valence-electron chi connectivity index (χ2n) is 6.66. The number of hydrogen-bond donors (Lipinski definition) is 2. The Morgan fingerprint density at radius 1 is 1.04 bits per heavy atom. The standard InChI is InChI=1S/C19H23N3O2S2/c1-10-7-8-11(2)16(9-10)22-26(23,24)19-15(6)25-14(5)17(19)18-12(3)13(4)20-21-18/h7-9,22H,1-6H3,(H,20,21). The summed E-state index contributed by atoms with van der Waals surface area (Å²) >= 11 is 1.48. The topological polar surface area (TPSA) is 74.8 Å². The molecular formula is C19H23N3O2S2. The average Bonchev–Trinajstić information content (AvgIpc) is 3.02. The van der Waals surface area contributed by atoms with Crippen LogP contribution in [0.3, 0.4) is 0 Å². The molecular weight excluding hydrogens is 366 g/mol. The summed E-state index contributed by atoms with van der Waals surface area (Å²) in [5.74, 6) is 0. The van der Waals surface area contributed by atoms with Crippen LogP contribution in [0.2, 0.25) is 0 Å². The summed E-state index contributed by atoms with van der Waals surface area (Å²) in [6, 6.07) is 5.74. The van der Waals surface area contributed by atoms with Crippen molar-refractivity contribution in [3.63, 3.8) is 0 Å². The zero-order chi connectivity index (χ0) is 19.2. The maximum Gasteiger partial charge on any atom is 0.263 e. The zero-order valence-corrected chi connectivity index (χ0v) is 17.4. The van der Waals surface area contributed by atoms with Crippen molar-refractivity contribution in [2.45, 2.75) is 46.4 Å². The van der Waals surface area contributed by atoms with Crippen LogP contribution in [0.1, 0.15) is 32.1 Å². The fraction of sp³-hybridized carbons (Fsp3) is 0.316. The van der Waals surface area contributed by atoms with E-state index in [2.05, 4.69) is 14.9 Å². The van der Waals surface area contributed by atoms with Gasteiger partial charge in [-0.15, -0.1) is 11.3 Å². The van der Waals surface area contributed by atoms with Gasteiger partial charge in [0.1, 0.15) is 4.90 Å². The first-order valence-corrected chi connectivity index (χ1v) is 10.6. The number of sulfonamides is 1. The number of rotatable bonds is 4. The van der Waals surface area contributed by atoms with E-state index in [-0.39, 0.29) is 0 Å². The molecule has 0 aliphatic rings. The van der Waals surface area contributed by atoms with E-state index in [1.54, 1.807) is 0 Å². The van der Waals surface area contributed by atoms with Gasteiger partial charge < -0.3 is 0 Å². The third-order valence-corrected chi connectivity index (χ3v) is 7.29. The summed E-state index contributed by atoms with van der Waals surface area (Å²) in [5, 5.41) is 7.32. The van der Waals surface area contributed by atoms with Gasteiger partial charge in [0.15, 0.2) is 0 Å². The van der Waals surface area contributed by atoms with Crippen molar-refractivity contribution in [2.24, 2.45) is 0 Å². The molecule has 0 amide bonds. The Morgan fingerprint density at radius 3 is 2.35 bits per heavy atom. The number of nitrogens with zero attached hydrogens (tertiary/aromatic N) is 1. The van der Waals surface area contributed by atoms with Crippen LogP contribution in [0.15, 0.2) is 23.1 Å². The number of aromatic nitrogens is 2. The molecule has 0 aliphatic carbocycles. The highest BCUT2D eigenvalue weighted by atomic mass is 32.2. The molecule has 5 nitrogen and oxygen atoms in total. The molecule has 3 rings (SSSR count). The van der Waals surface area contributed by atoms with Crippen molar-refractivity contribution < 1.29 is 8.42 Å². The highest BCUT2D eigenvalue weighted by Crippen LogP contribution is 2.40. The van der Waals surface area contributed by atoms with Gasteiger partial charge in [-0.05, 0) is 64.3 Å². The van der Waals surface area contributed by atoms with Crippen molar-refractivity contribution in [2.75, 3.05) is 4.72 Å². The minimum atomic E-state index is -3.74. The molecule has 0 saturated carbocycles. The lowest BCUT2D eigenvalue weighted by Crippen LogP contribution is -2.15. The van der Waals surface area contributed by atoms with Crippen LogP contribution in [0.4, 0.5) is 5.69 Å². The Hall–Kier alpha value is -2.12. The summed E-state index contributed by atoms with van der Waals surface area (Å²) in [4.78, 5) is 2.02. The Labute approximate surface area is 158 Å².